The van der Waals surface area contributed by atoms with Crippen molar-refractivity contribution in [2.24, 2.45) is 11.8 Å². The Morgan fingerprint density at radius 1 is 1.15 bits per heavy atom. The van der Waals surface area contributed by atoms with Crippen molar-refractivity contribution in [2.75, 3.05) is 32.7 Å². The van der Waals surface area contributed by atoms with Crippen LogP contribution in [0.5, 0.6) is 0 Å². The van der Waals surface area contributed by atoms with Crippen LogP contribution in [0.1, 0.15) is 37.7 Å². The van der Waals surface area contributed by atoms with Gasteiger partial charge in [-0.15, -0.1) is 0 Å². The number of hydrogen-bond acceptors (Lipinski definition) is 3. The average molecular weight is 357 g/mol. The van der Waals surface area contributed by atoms with Crippen LogP contribution in [-0.4, -0.2) is 49.4 Å². The summed E-state index contributed by atoms with van der Waals surface area (Å²) in [7, 11) is 0. The molecule has 2 heterocycles. The highest BCUT2D eigenvalue weighted by Crippen LogP contribution is 2.18. The van der Waals surface area contributed by atoms with Crippen molar-refractivity contribution in [3.63, 3.8) is 0 Å². The molecule has 0 bridgehead atoms. The van der Waals surface area contributed by atoms with Crippen LogP contribution < -0.4 is 10.6 Å². The van der Waals surface area contributed by atoms with Crippen LogP contribution in [0.4, 0.5) is 0 Å². The zero-order valence-corrected chi connectivity index (χ0v) is 15.6. The molecule has 142 valence electrons. The van der Waals surface area contributed by atoms with Gasteiger partial charge in [-0.25, -0.2) is 0 Å². The minimum absolute atomic E-state index is 0.0621. The molecule has 0 aliphatic carbocycles. The van der Waals surface area contributed by atoms with Crippen LogP contribution in [0.25, 0.3) is 0 Å². The molecule has 2 saturated heterocycles. The molecule has 1 aromatic carbocycles. The summed E-state index contributed by atoms with van der Waals surface area (Å²) in [6.07, 6.45) is 5.75. The summed E-state index contributed by atoms with van der Waals surface area (Å²) in [5.41, 5.74) is 1.03. The van der Waals surface area contributed by atoms with Crippen molar-refractivity contribution in [3.05, 3.63) is 35.9 Å². The fraction of sp³-hybridized carbons (Fsp3) is 0.619. The van der Waals surface area contributed by atoms with Crippen molar-refractivity contribution >= 4 is 11.8 Å². The van der Waals surface area contributed by atoms with E-state index in [1.165, 1.54) is 12.8 Å². The third-order valence-corrected chi connectivity index (χ3v) is 5.59. The fourth-order valence-electron chi connectivity index (χ4n) is 4.01. The number of piperidine rings is 2. The van der Waals surface area contributed by atoms with E-state index in [9.17, 15) is 9.59 Å². The number of nitrogens with one attached hydrogen (secondary N) is 2. The van der Waals surface area contributed by atoms with Crippen LogP contribution >= 0.6 is 0 Å². The molecular formula is C21H31N3O2. The van der Waals surface area contributed by atoms with E-state index in [1.807, 2.05) is 35.2 Å². The molecule has 0 aromatic heterocycles. The van der Waals surface area contributed by atoms with Crippen LogP contribution in [0, 0.1) is 11.8 Å². The molecule has 2 fully saturated rings. The van der Waals surface area contributed by atoms with Crippen LogP contribution in [0.2, 0.25) is 0 Å². The van der Waals surface area contributed by atoms with Gasteiger partial charge in [0.15, 0.2) is 0 Å². The third-order valence-electron chi connectivity index (χ3n) is 5.59. The molecule has 5 nitrogen and oxygen atoms in total. The second-order valence-electron chi connectivity index (χ2n) is 7.63. The summed E-state index contributed by atoms with van der Waals surface area (Å²) >= 11 is 0. The van der Waals surface area contributed by atoms with Gasteiger partial charge in [-0.05, 0) is 56.7 Å². The van der Waals surface area contributed by atoms with Crippen molar-refractivity contribution in [1.82, 2.24) is 15.5 Å². The molecular weight excluding hydrogens is 326 g/mol. The van der Waals surface area contributed by atoms with Gasteiger partial charge in [0.2, 0.25) is 11.8 Å². The Morgan fingerprint density at radius 3 is 2.77 bits per heavy atom. The molecule has 1 aromatic rings. The third kappa shape index (κ3) is 5.56. The van der Waals surface area contributed by atoms with E-state index in [4.69, 9.17) is 0 Å². The van der Waals surface area contributed by atoms with Crippen LogP contribution in [0.3, 0.4) is 0 Å². The fourth-order valence-corrected chi connectivity index (χ4v) is 4.01. The highest BCUT2D eigenvalue weighted by molar-refractivity contribution is 5.82. The maximum absolute atomic E-state index is 12.5. The van der Waals surface area contributed by atoms with Gasteiger partial charge < -0.3 is 15.5 Å². The summed E-state index contributed by atoms with van der Waals surface area (Å²) in [5.74, 6) is 0.861. The van der Waals surface area contributed by atoms with Crippen LogP contribution in [-0.2, 0) is 16.0 Å². The van der Waals surface area contributed by atoms with E-state index in [-0.39, 0.29) is 17.7 Å². The maximum Gasteiger partial charge on any atom is 0.227 e. The number of hydrogen-bond donors (Lipinski definition) is 2. The van der Waals surface area contributed by atoms with Crippen molar-refractivity contribution in [3.8, 4) is 0 Å². The van der Waals surface area contributed by atoms with Crippen molar-refractivity contribution in [2.45, 2.75) is 38.5 Å². The summed E-state index contributed by atoms with van der Waals surface area (Å²) in [6.45, 7) is 4.27. The Hall–Kier alpha value is -1.88. The summed E-state index contributed by atoms with van der Waals surface area (Å²) < 4.78 is 0. The molecule has 2 N–H and O–H groups in total. The van der Waals surface area contributed by atoms with Gasteiger partial charge in [-0.2, -0.15) is 0 Å². The van der Waals surface area contributed by atoms with E-state index in [0.717, 1.165) is 51.0 Å². The normalized spacial score (nSPS) is 23.5. The number of rotatable bonds is 6. The number of likely N-dealkylation sites (tertiary alicyclic amines) is 1. The van der Waals surface area contributed by atoms with Crippen molar-refractivity contribution in [1.29, 1.82) is 0 Å². The molecule has 3 rings (SSSR count). The number of nitrogens with zero attached hydrogens (tertiary/aromatic N) is 1. The molecule has 0 saturated carbocycles. The minimum Gasteiger partial charge on any atom is -0.356 e. The van der Waals surface area contributed by atoms with E-state index in [0.29, 0.717) is 18.9 Å². The zero-order chi connectivity index (χ0) is 18.2. The first-order valence-corrected chi connectivity index (χ1v) is 10.0. The van der Waals surface area contributed by atoms with Gasteiger partial charge in [-0.1, -0.05) is 30.3 Å². The first-order valence-electron chi connectivity index (χ1n) is 10.0. The average Bonchev–Trinajstić information content (AvgIpc) is 2.69. The lowest BCUT2D eigenvalue weighted by Crippen LogP contribution is -2.46. The lowest BCUT2D eigenvalue weighted by Gasteiger charge is -2.32. The van der Waals surface area contributed by atoms with Gasteiger partial charge in [0.1, 0.15) is 0 Å². The first kappa shape index (κ1) is 18.9. The molecule has 5 heteroatoms. The highest BCUT2D eigenvalue weighted by atomic mass is 16.2. The SMILES string of the molecule is O=C(NCCC1CCCNC1)C1CCCN(C(=O)Cc2ccccc2)C1. The predicted octanol–water partition coefficient (Wildman–Crippen LogP) is 1.97. The van der Waals surface area contributed by atoms with Gasteiger partial charge in [0.05, 0.1) is 12.3 Å². The Bertz CT molecular complexity index is 584. The molecule has 2 amide bonds. The molecule has 2 aliphatic rings. The molecule has 0 radical (unpaired) electrons. The van der Waals surface area contributed by atoms with E-state index >= 15 is 0 Å². The standard InChI is InChI=1S/C21H31N3O2/c25-20(14-17-6-2-1-3-7-17)24-13-5-9-19(16-24)21(26)23-12-10-18-8-4-11-22-15-18/h1-3,6-7,18-19,22H,4-5,8-16H2,(H,23,26). The smallest absolute Gasteiger partial charge is 0.227 e. The van der Waals surface area contributed by atoms with Gasteiger partial charge >= 0.3 is 0 Å². The Morgan fingerprint density at radius 2 is 2.00 bits per heavy atom. The lowest BCUT2D eigenvalue weighted by atomic mass is 9.95. The maximum atomic E-state index is 12.5. The van der Waals surface area contributed by atoms with E-state index in [1.54, 1.807) is 0 Å². The van der Waals surface area contributed by atoms with Gasteiger partial charge in [0, 0.05) is 19.6 Å². The zero-order valence-electron chi connectivity index (χ0n) is 15.6. The predicted molar refractivity (Wildman–Crippen MR) is 103 cm³/mol. The quantitative estimate of drug-likeness (QED) is 0.818. The monoisotopic (exact) mass is 357 g/mol. The number of carbonyl (C=O) groups is 2. The minimum atomic E-state index is -0.0621. The molecule has 0 spiro atoms. The number of amides is 2. The van der Waals surface area contributed by atoms with E-state index in [2.05, 4.69) is 10.6 Å². The molecule has 2 atom stereocenters. The Kier molecular flexibility index (Phi) is 7.06. The van der Waals surface area contributed by atoms with E-state index < -0.39 is 0 Å². The number of benzene rings is 1. The van der Waals surface area contributed by atoms with Crippen LogP contribution in [0.15, 0.2) is 30.3 Å². The second-order valence-corrected chi connectivity index (χ2v) is 7.63. The lowest BCUT2D eigenvalue weighted by molar-refractivity contribution is -0.135. The Balaban J connectivity index is 1.42. The summed E-state index contributed by atoms with van der Waals surface area (Å²) in [6, 6.07) is 9.82. The Labute approximate surface area is 156 Å². The topological polar surface area (TPSA) is 61.4 Å². The molecule has 26 heavy (non-hydrogen) atoms. The van der Waals surface area contributed by atoms with Gasteiger partial charge in [-0.3, -0.25) is 9.59 Å². The number of carbonyl (C=O) groups excluding carboxylic acids is 2. The largest absolute Gasteiger partial charge is 0.356 e. The summed E-state index contributed by atoms with van der Waals surface area (Å²) in [4.78, 5) is 26.9. The first-order chi connectivity index (χ1) is 12.7. The van der Waals surface area contributed by atoms with Gasteiger partial charge in [0.25, 0.3) is 0 Å². The second kappa shape index (κ2) is 9.72. The summed E-state index contributed by atoms with van der Waals surface area (Å²) in [5, 5.41) is 6.52. The highest BCUT2D eigenvalue weighted by Gasteiger charge is 2.28. The molecule has 2 aliphatic heterocycles. The molecule has 2 unspecified atom stereocenters. The van der Waals surface area contributed by atoms with Crippen molar-refractivity contribution < 1.29 is 9.59 Å².